The maximum Gasteiger partial charge on any atom is 0.255 e. The van der Waals surface area contributed by atoms with Gasteiger partial charge in [-0.15, -0.1) is 0 Å². The number of fused-ring (bicyclic) bond motifs is 1. The van der Waals surface area contributed by atoms with Crippen LogP contribution in [-0.4, -0.2) is 17.5 Å². The number of nitrogens with zero attached hydrogens (tertiary/aromatic N) is 1. The van der Waals surface area contributed by atoms with Crippen LogP contribution in [0, 0.1) is 6.92 Å². The predicted octanol–water partition coefficient (Wildman–Crippen LogP) is 1.41. The Morgan fingerprint density at radius 3 is 3.00 bits per heavy atom. The summed E-state index contributed by atoms with van der Waals surface area (Å²) in [6.07, 6.45) is 1.77. The number of aromatic nitrogens is 1. The Kier molecular flexibility index (Phi) is 2.72. The number of ether oxygens (including phenoxy) is 1. The van der Waals surface area contributed by atoms with Crippen LogP contribution in [-0.2, 0) is 4.79 Å². The minimum Gasteiger partial charge on any atom is -0.484 e. The van der Waals surface area contributed by atoms with Gasteiger partial charge in [-0.25, -0.2) is 0 Å². The van der Waals surface area contributed by atoms with Crippen molar-refractivity contribution < 1.29 is 9.53 Å². The molecule has 0 aliphatic rings. The fourth-order valence-corrected chi connectivity index (χ4v) is 1.51. The van der Waals surface area contributed by atoms with Gasteiger partial charge in [0, 0.05) is 11.6 Å². The summed E-state index contributed by atoms with van der Waals surface area (Å²) in [6.45, 7) is 1.90. The van der Waals surface area contributed by atoms with Gasteiger partial charge in [0.1, 0.15) is 5.75 Å². The second-order valence-electron chi connectivity index (χ2n) is 3.56. The van der Waals surface area contributed by atoms with Crippen molar-refractivity contribution in [3.63, 3.8) is 0 Å². The Hall–Kier alpha value is -2.10. The zero-order valence-corrected chi connectivity index (χ0v) is 8.93. The van der Waals surface area contributed by atoms with Crippen molar-refractivity contribution in [3.05, 3.63) is 36.0 Å². The van der Waals surface area contributed by atoms with Crippen LogP contribution in [0.25, 0.3) is 10.9 Å². The molecule has 82 valence electrons. The van der Waals surface area contributed by atoms with E-state index in [0.29, 0.717) is 5.75 Å². The van der Waals surface area contributed by atoms with Gasteiger partial charge in [-0.2, -0.15) is 0 Å². The van der Waals surface area contributed by atoms with Gasteiger partial charge in [0.2, 0.25) is 0 Å². The third-order valence-electron chi connectivity index (χ3n) is 2.31. The van der Waals surface area contributed by atoms with Crippen molar-refractivity contribution in [2.24, 2.45) is 5.73 Å². The molecule has 2 rings (SSSR count). The lowest BCUT2D eigenvalue weighted by molar-refractivity contribution is -0.119. The number of pyridine rings is 1. The molecule has 0 aliphatic heterocycles. The number of aryl methyl sites for hydroxylation is 1. The molecule has 1 amide bonds. The standard InChI is InChI=1S/C12H12N2O2/c1-8-4-5-14-11-3-2-9(6-10(8)11)16-7-12(13)15/h2-6H,7H2,1H3,(H2,13,15). The molecule has 0 fully saturated rings. The molecule has 0 spiro atoms. The minimum atomic E-state index is -0.483. The number of carbonyl (C=O) groups is 1. The maximum absolute atomic E-state index is 10.6. The molecule has 0 saturated carbocycles. The van der Waals surface area contributed by atoms with Crippen molar-refractivity contribution in [2.45, 2.75) is 6.92 Å². The Balaban J connectivity index is 2.35. The lowest BCUT2D eigenvalue weighted by atomic mass is 10.1. The Morgan fingerprint density at radius 2 is 2.25 bits per heavy atom. The van der Waals surface area contributed by atoms with Crippen LogP contribution in [0.5, 0.6) is 5.75 Å². The number of nitrogens with two attached hydrogens (primary N) is 1. The van der Waals surface area contributed by atoms with Crippen LogP contribution in [0.4, 0.5) is 0 Å². The average molecular weight is 216 g/mol. The van der Waals surface area contributed by atoms with E-state index in [1.165, 1.54) is 0 Å². The maximum atomic E-state index is 10.6. The molecule has 2 aromatic rings. The van der Waals surface area contributed by atoms with Crippen LogP contribution in [0.2, 0.25) is 0 Å². The molecule has 0 bridgehead atoms. The highest BCUT2D eigenvalue weighted by atomic mass is 16.5. The Bertz CT molecular complexity index is 538. The lowest BCUT2D eigenvalue weighted by Gasteiger charge is -2.06. The van der Waals surface area contributed by atoms with Gasteiger partial charge >= 0.3 is 0 Å². The van der Waals surface area contributed by atoms with Crippen molar-refractivity contribution in [1.82, 2.24) is 4.98 Å². The quantitative estimate of drug-likeness (QED) is 0.843. The van der Waals surface area contributed by atoms with Crippen LogP contribution >= 0.6 is 0 Å². The van der Waals surface area contributed by atoms with Crippen molar-refractivity contribution in [3.8, 4) is 5.75 Å². The average Bonchev–Trinajstić information content (AvgIpc) is 2.27. The topological polar surface area (TPSA) is 65.2 Å². The van der Waals surface area contributed by atoms with Crippen LogP contribution < -0.4 is 10.5 Å². The van der Waals surface area contributed by atoms with Crippen LogP contribution in [0.3, 0.4) is 0 Å². The molecule has 0 aliphatic carbocycles. The molecule has 0 atom stereocenters. The fourth-order valence-electron chi connectivity index (χ4n) is 1.51. The zero-order valence-electron chi connectivity index (χ0n) is 8.93. The molecular formula is C12H12N2O2. The normalized spacial score (nSPS) is 10.3. The fraction of sp³-hybridized carbons (Fsp3) is 0.167. The number of carbonyl (C=O) groups excluding carboxylic acids is 1. The van der Waals surface area contributed by atoms with Crippen molar-refractivity contribution >= 4 is 16.8 Å². The van der Waals surface area contributed by atoms with E-state index in [2.05, 4.69) is 4.98 Å². The first kappa shape index (κ1) is 10.4. The number of amides is 1. The summed E-state index contributed by atoms with van der Waals surface area (Å²) in [4.78, 5) is 14.8. The van der Waals surface area contributed by atoms with Crippen LogP contribution in [0.15, 0.2) is 30.5 Å². The highest BCUT2D eigenvalue weighted by Crippen LogP contribution is 2.21. The number of hydrogen-bond donors (Lipinski definition) is 1. The van der Waals surface area contributed by atoms with Crippen molar-refractivity contribution in [1.29, 1.82) is 0 Å². The molecule has 2 N–H and O–H groups in total. The first-order chi connectivity index (χ1) is 7.66. The van der Waals surface area contributed by atoms with Gasteiger partial charge in [0.25, 0.3) is 5.91 Å². The molecule has 1 aromatic carbocycles. The summed E-state index contributed by atoms with van der Waals surface area (Å²) in [6, 6.07) is 7.43. The smallest absolute Gasteiger partial charge is 0.255 e. The largest absolute Gasteiger partial charge is 0.484 e. The van der Waals surface area contributed by atoms with Gasteiger partial charge in [-0.3, -0.25) is 9.78 Å². The molecule has 4 nitrogen and oxygen atoms in total. The summed E-state index contributed by atoms with van der Waals surface area (Å²) in [5, 5.41) is 1.02. The summed E-state index contributed by atoms with van der Waals surface area (Å²) in [5.41, 5.74) is 7.04. The monoisotopic (exact) mass is 216 g/mol. The van der Waals surface area contributed by atoms with E-state index in [1.807, 2.05) is 25.1 Å². The third-order valence-corrected chi connectivity index (χ3v) is 2.31. The second-order valence-corrected chi connectivity index (χ2v) is 3.56. The molecule has 0 saturated heterocycles. The second kappa shape index (κ2) is 4.18. The van der Waals surface area contributed by atoms with Gasteiger partial charge in [-0.05, 0) is 36.8 Å². The molecule has 4 heteroatoms. The number of benzene rings is 1. The zero-order chi connectivity index (χ0) is 11.5. The van der Waals surface area contributed by atoms with E-state index in [4.69, 9.17) is 10.5 Å². The summed E-state index contributed by atoms with van der Waals surface area (Å²) in [5.74, 6) is 0.144. The van der Waals surface area contributed by atoms with Gasteiger partial charge in [0.15, 0.2) is 6.61 Å². The van der Waals surface area contributed by atoms with E-state index in [0.717, 1.165) is 16.5 Å². The Labute approximate surface area is 93.0 Å². The van der Waals surface area contributed by atoms with Crippen molar-refractivity contribution in [2.75, 3.05) is 6.61 Å². The van der Waals surface area contributed by atoms with Gasteiger partial charge in [0.05, 0.1) is 5.52 Å². The number of rotatable bonds is 3. The van der Waals surface area contributed by atoms with E-state index in [1.54, 1.807) is 12.3 Å². The summed E-state index contributed by atoms with van der Waals surface area (Å²) in [7, 11) is 0. The molecule has 1 aromatic heterocycles. The Morgan fingerprint density at radius 1 is 1.44 bits per heavy atom. The van der Waals surface area contributed by atoms with E-state index in [9.17, 15) is 4.79 Å². The predicted molar refractivity (Wildman–Crippen MR) is 61.2 cm³/mol. The SMILES string of the molecule is Cc1ccnc2ccc(OCC(N)=O)cc12. The highest BCUT2D eigenvalue weighted by Gasteiger charge is 2.02. The van der Waals surface area contributed by atoms with Gasteiger partial charge < -0.3 is 10.5 Å². The first-order valence-electron chi connectivity index (χ1n) is 4.93. The number of primary amides is 1. The molecular weight excluding hydrogens is 204 g/mol. The molecule has 0 radical (unpaired) electrons. The lowest BCUT2D eigenvalue weighted by Crippen LogP contribution is -2.19. The first-order valence-corrected chi connectivity index (χ1v) is 4.93. The van der Waals surface area contributed by atoms with E-state index >= 15 is 0 Å². The van der Waals surface area contributed by atoms with E-state index in [-0.39, 0.29) is 6.61 Å². The molecule has 16 heavy (non-hydrogen) atoms. The van der Waals surface area contributed by atoms with Crippen LogP contribution in [0.1, 0.15) is 5.56 Å². The minimum absolute atomic E-state index is 0.106. The molecule has 0 unspecified atom stereocenters. The summed E-state index contributed by atoms with van der Waals surface area (Å²) >= 11 is 0. The van der Waals surface area contributed by atoms with E-state index < -0.39 is 5.91 Å². The van der Waals surface area contributed by atoms with Gasteiger partial charge in [-0.1, -0.05) is 0 Å². The summed E-state index contributed by atoms with van der Waals surface area (Å²) < 4.78 is 5.23. The molecule has 1 heterocycles. The number of hydrogen-bond acceptors (Lipinski definition) is 3. The third kappa shape index (κ3) is 2.11. The highest BCUT2D eigenvalue weighted by molar-refractivity contribution is 5.83.